The van der Waals surface area contributed by atoms with Gasteiger partial charge in [0, 0.05) is 11.8 Å². The van der Waals surface area contributed by atoms with Crippen LogP contribution >= 0.6 is 11.8 Å². The van der Waals surface area contributed by atoms with Crippen LogP contribution < -0.4 is 19.5 Å². The minimum atomic E-state index is -0.425. The quantitative estimate of drug-likeness (QED) is 0.616. The van der Waals surface area contributed by atoms with Crippen molar-refractivity contribution in [3.05, 3.63) is 42.5 Å². The van der Waals surface area contributed by atoms with Crippen LogP contribution in [-0.4, -0.2) is 51.7 Å². The Morgan fingerprint density at radius 1 is 1.17 bits per heavy atom. The number of hydrogen-bond donors (Lipinski definition) is 1. The van der Waals surface area contributed by atoms with Crippen LogP contribution in [0.4, 0.5) is 5.69 Å². The summed E-state index contributed by atoms with van der Waals surface area (Å²) in [6.45, 7) is 2.81. The molecule has 2 aromatic carbocycles. The smallest absolute Gasteiger partial charge is 0.237 e. The molecule has 0 bridgehead atoms. The Hall–Kier alpha value is -3.27. The molecule has 3 aromatic rings. The second-order valence-corrected chi connectivity index (χ2v) is 7.49. The molecule has 2 heterocycles. The van der Waals surface area contributed by atoms with Crippen LogP contribution in [0.2, 0.25) is 0 Å². The molecule has 0 fully saturated rings. The van der Waals surface area contributed by atoms with E-state index in [1.165, 1.54) is 11.8 Å². The molecule has 10 heteroatoms. The lowest BCUT2D eigenvalue weighted by Gasteiger charge is -2.19. The van der Waals surface area contributed by atoms with Crippen LogP contribution in [0.25, 0.3) is 5.69 Å². The first-order chi connectivity index (χ1) is 14.1. The van der Waals surface area contributed by atoms with E-state index in [4.69, 9.17) is 14.2 Å². The summed E-state index contributed by atoms with van der Waals surface area (Å²) in [5.74, 6) is 1.87. The second-order valence-electron chi connectivity index (χ2n) is 6.18. The summed E-state index contributed by atoms with van der Waals surface area (Å²) < 4.78 is 17.8. The molecule has 0 saturated heterocycles. The van der Waals surface area contributed by atoms with E-state index in [0.29, 0.717) is 35.6 Å². The number of hydrogen-bond acceptors (Lipinski definition) is 8. The predicted octanol–water partition coefficient (Wildman–Crippen LogP) is 2.56. The average Bonchev–Trinajstić information content (AvgIpc) is 3.21. The third kappa shape index (κ3) is 4.27. The van der Waals surface area contributed by atoms with Crippen molar-refractivity contribution in [2.24, 2.45) is 0 Å². The molecular weight excluding hydrogens is 394 g/mol. The topological polar surface area (TPSA) is 100 Å². The number of benzene rings is 2. The Balaban J connectivity index is 1.43. The maximum absolute atomic E-state index is 12.6. The summed E-state index contributed by atoms with van der Waals surface area (Å²) in [5, 5.41) is 14.8. The molecule has 0 spiro atoms. The summed E-state index contributed by atoms with van der Waals surface area (Å²) in [4.78, 5) is 12.6. The molecule has 9 nitrogen and oxygen atoms in total. The first-order valence-electron chi connectivity index (χ1n) is 8.94. The summed E-state index contributed by atoms with van der Waals surface area (Å²) in [5.41, 5.74) is 1.42. The first-order valence-corrected chi connectivity index (χ1v) is 9.82. The molecule has 0 unspecified atom stereocenters. The standard InChI is InChI=1S/C19H19N5O4S/c1-12(18(25)20-13-3-8-16-17(11-13)28-10-9-27-16)29-19-21-22-23-24(19)14-4-6-15(26-2)7-5-14/h3-8,11-12H,9-10H2,1-2H3,(H,20,25)/t12-/m0/s1. The zero-order valence-corrected chi connectivity index (χ0v) is 16.7. The Morgan fingerprint density at radius 3 is 2.69 bits per heavy atom. The zero-order valence-electron chi connectivity index (χ0n) is 15.9. The minimum absolute atomic E-state index is 0.170. The number of tetrazole rings is 1. The predicted molar refractivity (Wildman–Crippen MR) is 107 cm³/mol. The molecule has 4 rings (SSSR count). The molecule has 0 saturated carbocycles. The molecule has 1 atom stereocenters. The average molecular weight is 413 g/mol. The van der Waals surface area contributed by atoms with Crippen LogP contribution in [-0.2, 0) is 4.79 Å². The molecular formula is C19H19N5O4S. The van der Waals surface area contributed by atoms with Gasteiger partial charge in [-0.05, 0) is 53.7 Å². The fourth-order valence-corrected chi connectivity index (χ4v) is 3.52. The van der Waals surface area contributed by atoms with Crippen molar-refractivity contribution in [2.75, 3.05) is 25.6 Å². The van der Waals surface area contributed by atoms with Crippen LogP contribution in [0.3, 0.4) is 0 Å². The van der Waals surface area contributed by atoms with Crippen LogP contribution in [0, 0.1) is 0 Å². The lowest BCUT2D eigenvalue weighted by atomic mass is 10.2. The Kier molecular flexibility index (Phi) is 5.52. The summed E-state index contributed by atoms with van der Waals surface area (Å²) in [7, 11) is 1.61. The van der Waals surface area contributed by atoms with Gasteiger partial charge in [-0.15, -0.1) is 5.10 Å². The van der Waals surface area contributed by atoms with Gasteiger partial charge in [0.2, 0.25) is 11.1 Å². The van der Waals surface area contributed by atoms with Gasteiger partial charge in [-0.3, -0.25) is 4.79 Å². The molecule has 150 valence electrons. The van der Waals surface area contributed by atoms with Crippen molar-refractivity contribution in [3.8, 4) is 22.9 Å². The van der Waals surface area contributed by atoms with Crippen molar-refractivity contribution < 1.29 is 19.0 Å². The lowest BCUT2D eigenvalue weighted by molar-refractivity contribution is -0.115. The number of carbonyl (C=O) groups is 1. The van der Waals surface area contributed by atoms with E-state index in [2.05, 4.69) is 20.8 Å². The number of carbonyl (C=O) groups excluding carboxylic acids is 1. The van der Waals surface area contributed by atoms with E-state index in [1.807, 2.05) is 24.3 Å². The van der Waals surface area contributed by atoms with Gasteiger partial charge in [-0.1, -0.05) is 11.8 Å². The monoisotopic (exact) mass is 413 g/mol. The highest BCUT2D eigenvalue weighted by atomic mass is 32.2. The van der Waals surface area contributed by atoms with E-state index in [-0.39, 0.29) is 5.91 Å². The van der Waals surface area contributed by atoms with Gasteiger partial charge in [0.25, 0.3) is 0 Å². The lowest BCUT2D eigenvalue weighted by Crippen LogP contribution is -2.23. The van der Waals surface area contributed by atoms with E-state index >= 15 is 0 Å². The van der Waals surface area contributed by atoms with Crippen LogP contribution in [0.5, 0.6) is 17.2 Å². The number of thioether (sulfide) groups is 1. The van der Waals surface area contributed by atoms with Gasteiger partial charge in [0.1, 0.15) is 19.0 Å². The Bertz CT molecular complexity index is 1010. The van der Waals surface area contributed by atoms with E-state index < -0.39 is 5.25 Å². The highest BCUT2D eigenvalue weighted by Crippen LogP contribution is 2.33. The van der Waals surface area contributed by atoms with Crippen molar-refractivity contribution in [2.45, 2.75) is 17.3 Å². The maximum atomic E-state index is 12.6. The molecule has 0 radical (unpaired) electrons. The summed E-state index contributed by atoms with van der Waals surface area (Å²) in [6, 6.07) is 12.7. The zero-order chi connectivity index (χ0) is 20.2. The molecule has 1 aliphatic heterocycles. The highest BCUT2D eigenvalue weighted by molar-refractivity contribution is 8.00. The SMILES string of the molecule is COc1ccc(-n2nnnc2S[C@@H](C)C(=O)Nc2ccc3c(c2)OCCO3)cc1. The number of fused-ring (bicyclic) bond motifs is 1. The largest absolute Gasteiger partial charge is 0.497 e. The van der Waals surface area contributed by atoms with E-state index in [0.717, 1.165) is 11.4 Å². The van der Waals surface area contributed by atoms with Crippen molar-refractivity contribution in [1.29, 1.82) is 0 Å². The van der Waals surface area contributed by atoms with Gasteiger partial charge in [0.15, 0.2) is 11.5 Å². The number of nitrogens with one attached hydrogen (secondary N) is 1. The number of ether oxygens (including phenoxy) is 3. The molecule has 1 aromatic heterocycles. The molecule has 0 aliphatic carbocycles. The van der Waals surface area contributed by atoms with E-state index in [9.17, 15) is 4.79 Å². The number of rotatable bonds is 6. The third-order valence-corrected chi connectivity index (χ3v) is 5.25. The fraction of sp³-hybridized carbons (Fsp3) is 0.263. The number of amides is 1. The molecule has 1 aliphatic rings. The Morgan fingerprint density at radius 2 is 1.93 bits per heavy atom. The summed E-state index contributed by atoms with van der Waals surface area (Å²) in [6.07, 6.45) is 0. The highest BCUT2D eigenvalue weighted by Gasteiger charge is 2.20. The van der Waals surface area contributed by atoms with E-state index in [1.54, 1.807) is 36.9 Å². The number of methoxy groups -OCH3 is 1. The van der Waals surface area contributed by atoms with Crippen molar-refractivity contribution in [3.63, 3.8) is 0 Å². The number of aromatic nitrogens is 4. The Labute approximate surface area is 171 Å². The maximum Gasteiger partial charge on any atom is 0.237 e. The second kappa shape index (κ2) is 8.39. The minimum Gasteiger partial charge on any atom is -0.497 e. The summed E-state index contributed by atoms with van der Waals surface area (Å²) >= 11 is 1.27. The van der Waals surface area contributed by atoms with Crippen LogP contribution in [0.15, 0.2) is 47.6 Å². The first kappa shape index (κ1) is 19.1. The van der Waals surface area contributed by atoms with Crippen LogP contribution in [0.1, 0.15) is 6.92 Å². The van der Waals surface area contributed by atoms with Crippen molar-refractivity contribution in [1.82, 2.24) is 20.2 Å². The van der Waals surface area contributed by atoms with Crippen molar-refractivity contribution >= 4 is 23.4 Å². The van der Waals surface area contributed by atoms with Gasteiger partial charge in [-0.2, -0.15) is 4.68 Å². The van der Waals surface area contributed by atoms with Gasteiger partial charge in [-0.25, -0.2) is 0 Å². The third-order valence-electron chi connectivity index (χ3n) is 4.22. The van der Waals surface area contributed by atoms with Gasteiger partial charge >= 0.3 is 0 Å². The van der Waals surface area contributed by atoms with Gasteiger partial charge < -0.3 is 19.5 Å². The number of nitrogens with zero attached hydrogens (tertiary/aromatic N) is 4. The molecule has 1 amide bonds. The normalized spacial score (nSPS) is 13.6. The molecule has 1 N–H and O–H groups in total. The fourth-order valence-electron chi connectivity index (χ4n) is 2.71. The number of anilines is 1. The van der Waals surface area contributed by atoms with Gasteiger partial charge in [0.05, 0.1) is 18.0 Å². The molecule has 29 heavy (non-hydrogen) atoms.